The maximum absolute atomic E-state index is 11.6. The van der Waals surface area contributed by atoms with Gasteiger partial charge in [-0.15, -0.1) is 0 Å². The van der Waals surface area contributed by atoms with Crippen LogP contribution in [0.3, 0.4) is 0 Å². The third-order valence-corrected chi connectivity index (χ3v) is 3.50. The normalized spacial score (nSPS) is 17.0. The molecule has 1 aromatic rings. The quantitative estimate of drug-likeness (QED) is 0.818. The highest BCUT2D eigenvalue weighted by molar-refractivity contribution is 5.80. The maximum atomic E-state index is 11.6. The molecule has 0 saturated heterocycles. The number of rotatable bonds is 5. The number of hydrogen-bond acceptors (Lipinski definition) is 2. The van der Waals surface area contributed by atoms with Crippen LogP contribution in [0.5, 0.6) is 0 Å². The lowest BCUT2D eigenvalue weighted by molar-refractivity contribution is -0.120. The van der Waals surface area contributed by atoms with Crippen molar-refractivity contribution in [3.8, 4) is 0 Å². The van der Waals surface area contributed by atoms with Crippen molar-refractivity contribution >= 4 is 11.6 Å². The molecule has 2 N–H and O–H groups in total. The Kier molecular flexibility index (Phi) is 3.67. The van der Waals surface area contributed by atoms with Gasteiger partial charge in [-0.1, -0.05) is 31.5 Å². The van der Waals surface area contributed by atoms with Gasteiger partial charge in [-0.05, 0) is 30.4 Å². The second-order valence-electron chi connectivity index (χ2n) is 5.16. The molecule has 1 fully saturated rings. The molecule has 0 bridgehead atoms. The molecule has 3 heteroatoms. The maximum Gasteiger partial charge on any atom is 0.239 e. The van der Waals surface area contributed by atoms with Crippen molar-refractivity contribution in [1.82, 2.24) is 5.32 Å². The third-order valence-electron chi connectivity index (χ3n) is 3.50. The fraction of sp³-hybridized carbons (Fsp3) is 0.500. The Hall–Kier alpha value is -1.51. The SMILES string of the molecule is CC1(CNC(=O)CNc2ccccc2)CCC1. The number of benzene rings is 1. The average molecular weight is 232 g/mol. The van der Waals surface area contributed by atoms with Gasteiger partial charge in [-0.3, -0.25) is 4.79 Å². The molecule has 3 nitrogen and oxygen atoms in total. The highest BCUT2D eigenvalue weighted by Gasteiger charge is 2.31. The smallest absolute Gasteiger partial charge is 0.239 e. The van der Waals surface area contributed by atoms with Gasteiger partial charge in [-0.25, -0.2) is 0 Å². The fourth-order valence-electron chi connectivity index (χ4n) is 2.07. The van der Waals surface area contributed by atoms with Crippen LogP contribution in [0.4, 0.5) is 5.69 Å². The molecule has 0 heterocycles. The van der Waals surface area contributed by atoms with Crippen LogP contribution < -0.4 is 10.6 Å². The molecule has 92 valence electrons. The molecule has 1 aliphatic carbocycles. The predicted molar refractivity (Wildman–Crippen MR) is 69.9 cm³/mol. The molecule has 17 heavy (non-hydrogen) atoms. The van der Waals surface area contributed by atoms with Gasteiger partial charge in [0.1, 0.15) is 0 Å². The van der Waals surface area contributed by atoms with Crippen molar-refractivity contribution in [2.75, 3.05) is 18.4 Å². The molecule has 1 aliphatic rings. The molecule has 0 unspecified atom stereocenters. The first-order valence-electron chi connectivity index (χ1n) is 6.24. The molecular weight excluding hydrogens is 212 g/mol. The molecule has 1 aromatic carbocycles. The van der Waals surface area contributed by atoms with E-state index in [1.54, 1.807) is 0 Å². The van der Waals surface area contributed by atoms with E-state index in [0.717, 1.165) is 12.2 Å². The summed E-state index contributed by atoms with van der Waals surface area (Å²) in [4.78, 5) is 11.6. The zero-order valence-electron chi connectivity index (χ0n) is 10.3. The van der Waals surface area contributed by atoms with Gasteiger partial charge < -0.3 is 10.6 Å². The standard InChI is InChI=1S/C14H20N2O/c1-14(8-5-9-14)11-16-13(17)10-15-12-6-3-2-4-7-12/h2-4,6-7,15H,5,8-11H2,1H3,(H,16,17). The van der Waals surface area contributed by atoms with E-state index < -0.39 is 0 Å². The van der Waals surface area contributed by atoms with Crippen molar-refractivity contribution in [2.24, 2.45) is 5.41 Å². The summed E-state index contributed by atoms with van der Waals surface area (Å²) >= 11 is 0. The monoisotopic (exact) mass is 232 g/mol. The molecule has 0 radical (unpaired) electrons. The molecule has 0 spiro atoms. The minimum absolute atomic E-state index is 0.0713. The van der Waals surface area contributed by atoms with E-state index in [2.05, 4.69) is 17.6 Å². The highest BCUT2D eigenvalue weighted by atomic mass is 16.1. The zero-order chi connectivity index (χ0) is 12.1. The summed E-state index contributed by atoms with van der Waals surface area (Å²) in [6, 6.07) is 9.79. The highest BCUT2D eigenvalue weighted by Crippen LogP contribution is 2.39. The first-order chi connectivity index (χ1) is 8.18. The predicted octanol–water partition coefficient (Wildman–Crippen LogP) is 2.40. The lowest BCUT2D eigenvalue weighted by Crippen LogP contribution is -2.41. The summed E-state index contributed by atoms with van der Waals surface area (Å²) in [6.45, 7) is 3.39. The topological polar surface area (TPSA) is 41.1 Å². The van der Waals surface area contributed by atoms with E-state index >= 15 is 0 Å². The Balaban J connectivity index is 1.67. The largest absolute Gasteiger partial charge is 0.376 e. The van der Waals surface area contributed by atoms with Gasteiger partial charge in [0, 0.05) is 12.2 Å². The number of para-hydroxylation sites is 1. The molecular formula is C14H20N2O. The van der Waals surface area contributed by atoms with E-state index in [1.807, 2.05) is 30.3 Å². The lowest BCUT2D eigenvalue weighted by atomic mass is 9.70. The van der Waals surface area contributed by atoms with Crippen LogP contribution in [0.1, 0.15) is 26.2 Å². The van der Waals surface area contributed by atoms with E-state index in [4.69, 9.17) is 0 Å². The fourth-order valence-corrected chi connectivity index (χ4v) is 2.07. The van der Waals surface area contributed by atoms with Crippen LogP contribution >= 0.6 is 0 Å². The number of hydrogen-bond donors (Lipinski definition) is 2. The summed E-state index contributed by atoms with van der Waals surface area (Å²) in [6.07, 6.45) is 3.77. The van der Waals surface area contributed by atoms with Crippen molar-refractivity contribution in [2.45, 2.75) is 26.2 Å². The minimum atomic E-state index is 0.0713. The second-order valence-corrected chi connectivity index (χ2v) is 5.16. The molecule has 0 aliphatic heterocycles. The van der Waals surface area contributed by atoms with Gasteiger partial charge in [0.05, 0.1) is 6.54 Å². The molecule has 1 saturated carbocycles. The van der Waals surface area contributed by atoms with Crippen LogP contribution in [-0.4, -0.2) is 19.0 Å². The number of carbonyl (C=O) groups excluding carboxylic acids is 1. The number of nitrogens with one attached hydrogen (secondary N) is 2. The van der Waals surface area contributed by atoms with E-state index in [-0.39, 0.29) is 5.91 Å². The average Bonchev–Trinajstić information content (AvgIpc) is 2.33. The number of amides is 1. The molecule has 2 rings (SSSR count). The van der Waals surface area contributed by atoms with E-state index in [9.17, 15) is 4.79 Å². The molecule has 0 aromatic heterocycles. The summed E-state index contributed by atoms with van der Waals surface area (Å²) < 4.78 is 0. The van der Waals surface area contributed by atoms with Crippen molar-refractivity contribution in [3.05, 3.63) is 30.3 Å². The van der Waals surface area contributed by atoms with Crippen LogP contribution in [0.15, 0.2) is 30.3 Å². The van der Waals surface area contributed by atoms with Crippen LogP contribution in [0.25, 0.3) is 0 Å². The Bertz CT molecular complexity index is 371. The summed E-state index contributed by atoms with van der Waals surface area (Å²) in [7, 11) is 0. The van der Waals surface area contributed by atoms with Gasteiger partial charge in [0.2, 0.25) is 5.91 Å². The minimum Gasteiger partial charge on any atom is -0.376 e. The Morgan fingerprint density at radius 3 is 2.59 bits per heavy atom. The van der Waals surface area contributed by atoms with Gasteiger partial charge in [-0.2, -0.15) is 0 Å². The number of carbonyl (C=O) groups is 1. The summed E-state index contributed by atoms with van der Waals surface area (Å²) in [5, 5.41) is 6.10. The Morgan fingerprint density at radius 2 is 2.00 bits per heavy atom. The van der Waals surface area contributed by atoms with Crippen molar-refractivity contribution in [1.29, 1.82) is 0 Å². The molecule has 0 atom stereocenters. The van der Waals surface area contributed by atoms with Crippen LogP contribution in [0, 0.1) is 5.41 Å². The first-order valence-corrected chi connectivity index (χ1v) is 6.24. The Morgan fingerprint density at radius 1 is 1.29 bits per heavy atom. The van der Waals surface area contributed by atoms with Crippen LogP contribution in [-0.2, 0) is 4.79 Å². The zero-order valence-corrected chi connectivity index (χ0v) is 10.3. The van der Waals surface area contributed by atoms with Gasteiger partial charge in [0.15, 0.2) is 0 Å². The summed E-state index contributed by atoms with van der Waals surface area (Å²) in [5.41, 5.74) is 1.33. The van der Waals surface area contributed by atoms with Gasteiger partial charge in [0.25, 0.3) is 0 Å². The van der Waals surface area contributed by atoms with E-state index in [1.165, 1.54) is 19.3 Å². The first kappa shape index (κ1) is 12.0. The number of anilines is 1. The molecule has 1 amide bonds. The lowest BCUT2D eigenvalue weighted by Gasteiger charge is -2.38. The third kappa shape index (κ3) is 3.48. The Labute approximate surface area is 103 Å². The van der Waals surface area contributed by atoms with E-state index in [0.29, 0.717) is 12.0 Å². The second kappa shape index (κ2) is 5.21. The van der Waals surface area contributed by atoms with Crippen molar-refractivity contribution < 1.29 is 4.79 Å². The van der Waals surface area contributed by atoms with Crippen molar-refractivity contribution in [3.63, 3.8) is 0 Å². The van der Waals surface area contributed by atoms with Gasteiger partial charge >= 0.3 is 0 Å². The summed E-state index contributed by atoms with van der Waals surface area (Å²) in [5.74, 6) is 0.0713. The van der Waals surface area contributed by atoms with Crippen LogP contribution in [0.2, 0.25) is 0 Å².